The molecule has 3 heteroatoms. The smallest absolute Gasteiger partial charge is 0.0669 e. The molecule has 0 heterocycles. The average molecular weight is 115 g/mol. The van der Waals surface area contributed by atoms with E-state index in [0.29, 0.717) is 0 Å². The van der Waals surface area contributed by atoms with Gasteiger partial charge in [0.05, 0.1) is 12.6 Å². The van der Waals surface area contributed by atoms with Crippen molar-refractivity contribution >= 4 is 5.97 Å². The van der Waals surface area contributed by atoms with E-state index >= 15 is 0 Å². The molecule has 0 aliphatic carbocycles. The van der Waals surface area contributed by atoms with Crippen LogP contribution < -0.4 is 5.11 Å². The summed E-state index contributed by atoms with van der Waals surface area (Å²) >= 11 is 0. The molecule has 3 nitrogen and oxygen atoms in total. The molecule has 0 fully saturated rings. The van der Waals surface area contributed by atoms with Crippen LogP contribution in [0.15, 0.2) is 11.6 Å². The molecule has 0 aliphatic heterocycles. The number of carbonyl (C=O) groups is 1. The van der Waals surface area contributed by atoms with E-state index in [4.69, 9.17) is 5.11 Å². The lowest BCUT2D eigenvalue weighted by Gasteiger charge is -1.97. The van der Waals surface area contributed by atoms with Crippen LogP contribution in [0, 0.1) is 0 Å². The summed E-state index contributed by atoms with van der Waals surface area (Å²) in [5.74, 6) is -1.24. The molecule has 0 aliphatic rings. The number of aliphatic carboxylic acids is 1. The highest BCUT2D eigenvalue weighted by Gasteiger charge is 1.83. The highest BCUT2D eigenvalue weighted by Crippen LogP contribution is 1.85. The maximum atomic E-state index is 9.80. The average Bonchev–Trinajstić information content (AvgIpc) is 1.67. The fourth-order valence-electron chi connectivity index (χ4n) is 0.220. The molecule has 0 aromatic carbocycles. The predicted octanol–water partition coefficient (Wildman–Crippen LogP) is -1.33. The molecule has 0 unspecified atom stereocenters. The lowest BCUT2D eigenvalue weighted by Crippen LogP contribution is -2.23. The molecule has 0 atom stereocenters. The van der Waals surface area contributed by atoms with E-state index in [1.807, 2.05) is 0 Å². The first-order valence-electron chi connectivity index (χ1n) is 2.17. The molecule has 0 bridgehead atoms. The summed E-state index contributed by atoms with van der Waals surface area (Å²) in [6.45, 7) is 1.12. The number of carboxylic acids is 1. The van der Waals surface area contributed by atoms with Crippen molar-refractivity contribution in [3.8, 4) is 0 Å². The van der Waals surface area contributed by atoms with Crippen molar-refractivity contribution in [1.29, 1.82) is 0 Å². The van der Waals surface area contributed by atoms with Gasteiger partial charge in [-0.15, -0.1) is 0 Å². The van der Waals surface area contributed by atoms with E-state index < -0.39 is 5.97 Å². The van der Waals surface area contributed by atoms with Gasteiger partial charge in [-0.2, -0.15) is 0 Å². The van der Waals surface area contributed by atoms with E-state index in [1.165, 1.54) is 13.0 Å². The molecule has 8 heavy (non-hydrogen) atoms. The Kier molecular flexibility index (Phi) is 2.88. The highest BCUT2D eigenvalue weighted by molar-refractivity contribution is 5.83. The minimum atomic E-state index is -1.24. The normalized spacial score (nSPS) is 11.5. The van der Waals surface area contributed by atoms with Crippen LogP contribution in [-0.2, 0) is 4.79 Å². The van der Waals surface area contributed by atoms with Crippen LogP contribution in [0.3, 0.4) is 0 Å². The molecule has 0 radical (unpaired) electrons. The van der Waals surface area contributed by atoms with Crippen molar-refractivity contribution in [2.45, 2.75) is 6.92 Å². The van der Waals surface area contributed by atoms with Crippen LogP contribution in [0.4, 0.5) is 0 Å². The quantitative estimate of drug-likeness (QED) is 0.454. The molecular weight excluding hydrogens is 108 g/mol. The van der Waals surface area contributed by atoms with Crippen LogP contribution in [0.1, 0.15) is 6.92 Å². The number of carboxylic acid groups (broad SMARTS) is 1. The Morgan fingerprint density at radius 1 is 1.88 bits per heavy atom. The first kappa shape index (κ1) is 7.17. The van der Waals surface area contributed by atoms with E-state index in [-0.39, 0.29) is 12.2 Å². The van der Waals surface area contributed by atoms with Crippen molar-refractivity contribution in [2.75, 3.05) is 6.61 Å². The number of aliphatic hydroxyl groups is 1. The van der Waals surface area contributed by atoms with Crippen LogP contribution in [0.2, 0.25) is 0 Å². The number of carbonyl (C=O) groups excluding carboxylic acids is 1. The zero-order valence-corrected chi connectivity index (χ0v) is 4.55. The van der Waals surface area contributed by atoms with Gasteiger partial charge in [-0.05, 0) is 12.5 Å². The van der Waals surface area contributed by atoms with Crippen molar-refractivity contribution in [3.05, 3.63) is 11.6 Å². The van der Waals surface area contributed by atoms with Gasteiger partial charge in [-0.1, -0.05) is 6.08 Å². The zero-order valence-electron chi connectivity index (χ0n) is 4.55. The molecule has 0 amide bonds. The van der Waals surface area contributed by atoms with Crippen LogP contribution in [-0.4, -0.2) is 17.7 Å². The Morgan fingerprint density at radius 3 is 2.50 bits per heavy atom. The van der Waals surface area contributed by atoms with Crippen LogP contribution >= 0.6 is 0 Å². The summed E-state index contributed by atoms with van der Waals surface area (Å²) in [7, 11) is 0. The van der Waals surface area contributed by atoms with E-state index in [2.05, 4.69) is 0 Å². The van der Waals surface area contributed by atoms with Gasteiger partial charge in [0, 0.05) is 0 Å². The molecular formula is C5H7O3-. The van der Waals surface area contributed by atoms with Crippen LogP contribution in [0.25, 0.3) is 0 Å². The standard InChI is InChI=1S/C5H8O3/c1-4(2-3-6)5(7)8/h2,6H,3H2,1H3,(H,7,8)/p-1/b4-2+. The molecule has 0 aromatic heterocycles. The third kappa shape index (κ3) is 2.36. The second kappa shape index (κ2) is 3.21. The highest BCUT2D eigenvalue weighted by atomic mass is 16.4. The minimum absolute atomic E-state index is 0.0625. The van der Waals surface area contributed by atoms with Crippen molar-refractivity contribution < 1.29 is 15.0 Å². The van der Waals surface area contributed by atoms with E-state index in [0.717, 1.165) is 0 Å². The lowest BCUT2D eigenvalue weighted by atomic mass is 10.3. The summed E-state index contributed by atoms with van der Waals surface area (Å²) in [6.07, 6.45) is 1.18. The van der Waals surface area contributed by atoms with Gasteiger partial charge in [0.1, 0.15) is 0 Å². The Bertz CT molecular complexity index is 115. The van der Waals surface area contributed by atoms with Gasteiger partial charge in [-0.3, -0.25) is 0 Å². The fraction of sp³-hybridized carbons (Fsp3) is 0.400. The zero-order chi connectivity index (χ0) is 6.57. The third-order valence-corrected chi connectivity index (χ3v) is 0.719. The minimum Gasteiger partial charge on any atom is -0.545 e. The Balaban J connectivity index is 3.80. The maximum absolute atomic E-state index is 9.80. The molecule has 46 valence electrons. The van der Waals surface area contributed by atoms with Crippen molar-refractivity contribution in [2.24, 2.45) is 0 Å². The van der Waals surface area contributed by atoms with E-state index in [1.54, 1.807) is 0 Å². The second-order valence-corrected chi connectivity index (χ2v) is 1.36. The first-order valence-corrected chi connectivity index (χ1v) is 2.17. The maximum Gasteiger partial charge on any atom is 0.0669 e. The van der Waals surface area contributed by atoms with Crippen LogP contribution in [0.5, 0.6) is 0 Å². The van der Waals surface area contributed by atoms with Crippen molar-refractivity contribution in [3.63, 3.8) is 0 Å². The van der Waals surface area contributed by atoms with E-state index in [9.17, 15) is 9.90 Å². The summed E-state index contributed by atoms with van der Waals surface area (Å²) in [6, 6.07) is 0. The van der Waals surface area contributed by atoms with Gasteiger partial charge in [0.15, 0.2) is 0 Å². The summed E-state index contributed by atoms with van der Waals surface area (Å²) in [5.41, 5.74) is 0.0625. The second-order valence-electron chi connectivity index (χ2n) is 1.36. The fourth-order valence-corrected chi connectivity index (χ4v) is 0.220. The molecule has 0 aromatic rings. The number of aliphatic hydroxyl groups excluding tert-OH is 1. The Morgan fingerprint density at radius 2 is 2.38 bits per heavy atom. The third-order valence-electron chi connectivity index (χ3n) is 0.719. The van der Waals surface area contributed by atoms with Crippen molar-refractivity contribution in [1.82, 2.24) is 0 Å². The summed E-state index contributed by atoms with van der Waals surface area (Å²) < 4.78 is 0. The molecule has 0 saturated heterocycles. The van der Waals surface area contributed by atoms with Gasteiger partial charge in [-0.25, -0.2) is 0 Å². The predicted molar refractivity (Wildman–Crippen MR) is 25.8 cm³/mol. The number of hydrogen-bond acceptors (Lipinski definition) is 3. The van der Waals surface area contributed by atoms with Gasteiger partial charge >= 0.3 is 0 Å². The van der Waals surface area contributed by atoms with Gasteiger partial charge < -0.3 is 15.0 Å². The van der Waals surface area contributed by atoms with Gasteiger partial charge in [0.25, 0.3) is 0 Å². The largest absolute Gasteiger partial charge is 0.545 e. The van der Waals surface area contributed by atoms with Gasteiger partial charge in [0.2, 0.25) is 0 Å². The monoisotopic (exact) mass is 115 g/mol. The topological polar surface area (TPSA) is 60.4 Å². The first-order chi connectivity index (χ1) is 3.68. The lowest BCUT2D eigenvalue weighted by molar-refractivity contribution is -0.299. The summed E-state index contributed by atoms with van der Waals surface area (Å²) in [5, 5.41) is 17.9. The molecule has 1 N–H and O–H groups in total. The molecule has 0 rings (SSSR count). The number of rotatable bonds is 2. The summed E-state index contributed by atoms with van der Waals surface area (Å²) in [4.78, 5) is 9.80. The Labute approximate surface area is 47.3 Å². The number of hydrogen-bond donors (Lipinski definition) is 1. The Hall–Kier alpha value is -0.830. The molecule has 0 spiro atoms. The molecule has 0 saturated carbocycles. The SMILES string of the molecule is C/C(=C\CO)C(=O)[O-].